The molecule has 8 heteroatoms. The maximum Gasteiger partial charge on any atom is 0.213 e. The first-order valence-corrected chi connectivity index (χ1v) is 9.87. The van der Waals surface area contributed by atoms with Crippen molar-refractivity contribution in [2.24, 2.45) is 0 Å². The summed E-state index contributed by atoms with van der Waals surface area (Å²) in [6.45, 7) is 5.60. The largest absolute Gasteiger partial charge is 0.352 e. The molecule has 2 atom stereocenters. The summed E-state index contributed by atoms with van der Waals surface area (Å²) in [5, 5.41) is 14.2. The Kier molecular flexibility index (Phi) is 5.74. The van der Waals surface area contributed by atoms with Gasteiger partial charge < -0.3 is 13.7 Å². The molecule has 0 aliphatic rings. The van der Waals surface area contributed by atoms with Gasteiger partial charge in [-0.25, -0.2) is 0 Å². The van der Waals surface area contributed by atoms with Crippen molar-refractivity contribution in [1.82, 2.24) is 19.3 Å². The van der Waals surface area contributed by atoms with Crippen molar-refractivity contribution in [3.8, 4) is 6.07 Å². The average Bonchev–Trinajstić information content (AvgIpc) is 3.34. The summed E-state index contributed by atoms with van der Waals surface area (Å²) in [6, 6.07) is 2.31. The summed E-state index contributed by atoms with van der Waals surface area (Å²) < 4.78 is 8.92. The first-order chi connectivity index (χ1) is 12.5. The van der Waals surface area contributed by atoms with Crippen LogP contribution in [0.25, 0.3) is 0 Å². The number of thioether (sulfide) groups is 1. The Morgan fingerprint density at radius 1 is 1.19 bits per heavy atom. The van der Waals surface area contributed by atoms with Crippen LogP contribution in [0.2, 0.25) is 5.02 Å². The van der Waals surface area contributed by atoms with E-state index < -0.39 is 0 Å². The molecule has 0 aliphatic heterocycles. The lowest BCUT2D eigenvalue weighted by molar-refractivity contribution is 0.401. The van der Waals surface area contributed by atoms with Gasteiger partial charge in [-0.05, 0) is 11.8 Å². The fraction of sp³-hybridized carbons (Fsp3) is 0.389. The molecule has 3 aromatic rings. The van der Waals surface area contributed by atoms with E-state index >= 15 is 0 Å². The summed E-state index contributed by atoms with van der Waals surface area (Å²) in [6.07, 6.45) is 11.3. The Labute approximate surface area is 161 Å². The molecule has 0 saturated carbocycles. The predicted molar refractivity (Wildman–Crippen MR) is 101 cm³/mol. The van der Waals surface area contributed by atoms with Crippen LogP contribution in [0.15, 0.2) is 40.6 Å². The zero-order chi connectivity index (χ0) is 18.7. The van der Waals surface area contributed by atoms with Gasteiger partial charge in [0.2, 0.25) is 6.39 Å². The van der Waals surface area contributed by atoms with Crippen LogP contribution in [-0.2, 0) is 13.1 Å². The van der Waals surface area contributed by atoms with Crippen LogP contribution in [0.3, 0.4) is 0 Å². The third kappa shape index (κ3) is 3.97. The SMILES string of the molecule is CSc1cn(CC(C)c2cn(CC(C)c3ncon3)cc2C#N)cc1Cl. The first kappa shape index (κ1) is 18.6. The van der Waals surface area contributed by atoms with Crippen LogP contribution in [0, 0.1) is 11.3 Å². The van der Waals surface area contributed by atoms with E-state index in [0.29, 0.717) is 17.9 Å². The van der Waals surface area contributed by atoms with Gasteiger partial charge in [-0.1, -0.05) is 30.6 Å². The number of hydrogen-bond donors (Lipinski definition) is 0. The fourth-order valence-electron chi connectivity index (χ4n) is 3.04. The normalized spacial score (nSPS) is 13.5. The topological polar surface area (TPSA) is 72.6 Å². The molecule has 0 saturated heterocycles. The molecular weight excluding hydrogens is 370 g/mol. The van der Waals surface area contributed by atoms with Crippen molar-refractivity contribution < 1.29 is 4.52 Å². The van der Waals surface area contributed by atoms with Crippen LogP contribution >= 0.6 is 23.4 Å². The molecule has 0 fully saturated rings. The minimum absolute atomic E-state index is 0.100. The van der Waals surface area contributed by atoms with Gasteiger partial charge in [0.1, 0.15) is 6.07 Å². The van der Waals surface area contributed by atoms with Crippen molar-refractivity contribution in [3.05, 3.63) is 53.2 Å². The van der Waals surface area contributed by atoms with Gasteiger partial charge in [0.25, 0.3) is 0 Å². The van der Waals surface area contributed by atoms with Crippen LogP contribution in [0.1, 0.15) is 42.6 Å². The fourth-order valence-corrected chi connectivity index (χ4v) is 3.93. The maximum atomic E-state index is 9.52. The maximum absolute atomic E-state index is 9.52. The third-order valence-corrected chi connectivity index (χ3v) is 5.55. The van der Waals surface area contributed by atoms with Gasteiger partial charge in [-0.3, -0.25) is 0 Å². The lowest BCUT2D eigenvalue weighted by atomic mass is 10.0. The molecule has 3 rings (SSSR count). The van der Waals surface area contributed by atoms with E-state index in [2.05, 4.69) is 27.7 Å². The average molecular weight is 390 g/mol. The van der Waals surface area contributed by atoms with E-state index in [4.69, 9.17) is 16.1 Å². The summed E-state index contributed by atoms with van der Waals surface area (Å²) >= 11 is 7.85. The zero-order valence-corrected chi connectivity index (χ0v) is 16.5. The predicted octanol–water partition coefficient (Wildman–Crippen LogP) is 4.53. The van der Waals surface area contributed by atoms with Crippen molar-refractivity contribution in [2.75, 3.05) is 6.26 Å². The van der Waals surface area contributed by atoms with Gasteiger partial charge in [0, 0.05) is 54.6 Å². The molecule has 0 amide bonds. The number of rotatable bonds is 7. The van der Waals surface area contributed by atoms with Crippen molar-refractivity contribution in [1.29, 1.82) is 5.26 Å². The molecule has 3 aromatic heterocycles. The van der Waals surface area contributed by atoms with E-state index in [9.17, 15) is 5.26 Å². The van der Waals surface area contributed by atoms with Crippen LogP contribution in [-0.4, -0.2) is 25.5 Å². The quantitative estimate of drug-likeness (QED) is 0.555. The standard InChI is InChI=1S/C18H20ClN5OS/c1-12(5-24-9-16(19)17(10-24)26-3)15-8-23(7-14(15)4-20)6-13(2)18-21-11-25-22-18/h7-13H,5-6H2,1-3H3. The molecule has 0 N–H and O–H groups in total. The molecule has 0 spiro atoms. The molecule has 0 radical (unpaired) electrons. The molecule has 0 aliphatic carbocycles. The highest BCUT2D eigenvalue weighted by molar-refractivity contribution is 7.98. The Balaban J connectivity index is 1.76. The molecular formula is C18H20ClN5OS. The van der Waals surface area contributed by atoms with E-state index in [1.165, 1.54) is 6.39 Å². The lowest BCUT2D eigenvalue weighted by Crippen LogP contribution is -2.07. The minimum Gasteiger partial charge on any atom is -0.352 e. The third-order valence-electron chi connectivity index (χ3n) is 4.37. The molecule has 136 valence electrons. The van der Waals surface area contributed by atoms with Crippen LogP contribution < -0.4 is 0 Å². The highest BCUT2D eigenvalue weighted by Gasteiger charge is 2.17. The van der Waals surface area contributed by atoms with Gasteiger partial charge in [-0.2, -0.15) is 10.2 Å². The van der Waals surface area contributed by atoms with Crippen molar-refractivity contribution >= 4 is 23.4 Å². The Morgan fingerprint density at radius 3 is 2.54 bits per heavy atom. The summed E-state index contributed by atoms with van der Waals surface area (Å²) in [7, 11) is 0. The van der Waals surface area contributed by atoms with Gasteiger partial charge in [0.15, 0.2) is 5.82 Å². The molecule has 26 heavy (non-hydrogen) atoms. The Morgan fingerprint density at radius 2 is 1.92 bits per heavy atom. The number of aromatic nitrogens is 4. The molecule has 0 aromatic carbocycles. The first-order valence-electron chi connectivity index (χ1n) is 8.27. The number of nitriles is 1. The number of hydrogen-bond acceptors (Lipinski definition) is 5. The van der Waals surface area contributed by atoms with Gasteiger partial charge in [-0.15, -0.1) is 11.8 Å². The number of halogens is 1. The van der Waals surface area contributed by atoms with Crippen LogP contribution in [0.4, 0.5) is 0 Å². The zero-order valence-electron chi connectivity index (χ0n) is 14.9. The second-order valence-corrected chi connectivity index (χ2v) is 7.65. The monoisotopic (exact) mass is 389 g/mol. The highest BCUT2D eigenvalue weighted by atomic mass is 35.5. The van der Waals surface area contributed by atoms with E-state index in [-0.39, 0.29) is 11.8 Å². The van der Waals surface area contributed by atoms with Gasteiger partial charge in [0.05, 0.1) is 10.6 Å². The number of nitrogens with zero attached hydrogens (tertiary/aromatic N) is 5. The minimum atomic E-state index is 0.100. The Hall–Kier alpha value is -2.17. The van der Waals surface area contributed by atoms with Gasteiger partial charge >= 0.3 is 0 Å². The molecule has 3 heterocycles. The second-order valence-electron chi connectivity index (χ2n) is 6.40. The molecule has 2 unspecified atom stereocenters. The molecule has 6 nitrogen and oxygen atoms in total. The lowest BCUT2D eigenvalue weighted by Gasteiger charge is -2.12. The van der Waals surface area contributed by atoms with E-state index in [1.807, 2.05) is 42.5 Å². The Bertz CT molecular complexity index is 909. The van der Waals surface area contributed by atoms with Crippen molar-refractivity contribution in [3.63, 3.8) is 0 Å². The summed E-state index contributed by atoms with van der Waals surface area (Å²) in [5.74, 6) is 0.950. The second kappa shape index (κ2) is 8.02. The van der Waals surface area contributed by atoms with Crippen molar-refractivity contribution in [2.45, 2.75) is 43.7 Å². The van der Waals surface area contributed by atoms with Crippen LogP contribution in [0.5, 0.6) is 0 Å². The molecule has 0 bridgehead atoms. The summed E-state index contributed by atoms with van der Waals surface area (Å²) in [5.41, 5.74) is 1.73. The summed E-state index contributed by atoms with van der Waals surface area (Å²) in [4.78, 5) is 5.16. The van der Waals surface area contributed by atoms with E-state index in [0.717, 1.165) is 22.0 Å². The van der Waals surface area contributed by atoms with E-state index in [1.54, 1.807) is 11.8 Å². The highest BCUT2D eigenvalue weighted by Crippen LogP contribution is 2.29. The smallest absolute Gasteiger partial charge is 0.213 e.